The van der Waals surface area contributed by atoms with Crippen molar-refractivity contribution in [2.24, 2.45) is 11.7 Å². The molecule has 138 valence electrons. The van der Waals surface area contributed by atoms with Crippen LogP contribution in [0.15, 0.2) is 41.8 Å². The van der Waals surface area contributed by atoms with Gasteiger partial charge in [-0.25, -0.2) is 14.6 Å². The average molecular weight is 363 g/mol. The highest BCUT2D eigenvalue weighted by Crippen LogP contribution is 2.34. The molecule has 7 nitrogen and oxygen atoms in total. The van der Waals surface area contributed by atoms with Crippen LogP contribution in [-0.2, 0) is 6.42 Å². The Morgan fingerprint density at radius 3 is 2.93 bits per heavy atom. The third-order valence-electron chi connectivity index (χ3n) is 4.94. The summed E-state index contributed by atoms with van der Waals surface area (Å²) in [5.41, 5.74) is 7.52. The summed E-state index contributed by atoms with van der Waals surface area (Å²) in [6.07, 6.45) is 7.84. The molecule has 0 amide bonds. The van der Waals surface area contributed by atoms with Crippen LogP contribution in [0.1, 0.15) is 30.9 Å². The maximum atomic E-state index is 13.3. The number of aliphatic hydroxyl groups excluding tert-OH is 1. The molecule has 1 saturated carbocycles. The predicted molar refractivity (Wildman–Crippen MR) is 102 cm³/mol. The second kappa shape index (κ2) is 6.99. The Labute approximate surface area is 156 Å². The number of rotatable bonds is 4. The zero-order valence-corrected chi connectivity index (χ0v) is 15.0. The van der Waals surface area contributed by atoms with Gasteiger partial charge in [0.25, 0.3) is 5.56 Å². The number of aromatic nitrogens is 4. The first-order valence-corrected chi connectivity index (χ1v) is 9.06. The van der Waals surface area contributed by atoms with Crippen molar-refractivity contribution < 1.29 is 5.11 Å². The minimum absolute atomic E-state index is 0.162. The van der Waals surface area contributed by atoms with Crippen molar-refractivity contribution in [3.63, 3.8) is 0 Å². The molecular formula is C20H21N5O2. The zero-order chi connectivity index (χ0) is 19.0. The fraction of sp³-hybridized carbons (Fsp3) is 0.350. The lowest BCUT2D eigenvalue weighted by atomic mass is 9.99. The van der Waals surface area contributed by atoms with Crippen LogP contribution < -0.4 is 11.3 Å². The molecule has 1 fully saturated rings. The quantitative estimate of drug-likeness (QED) is 0.672. The number of fused-ring (bicyclic) bond motifs is 1. The van der Waals surface area contributed by atoms with E-state index in [0.717, 1.165) is 17.4 Å². The fourth-order valence-corrected chi connectivity index (χ4v) is 3.22. The monoisotopic (exact) mass is 363 g/mol. The van der Waals surface area contributed by atoms with Gasteiger partial charge in [-0.15, -0.1) is 0 Å². The van der Waals surface area contributed by atoms with Gasteiger partial charge in [-0.3, -0.25) is 4.79 Å². The van der Waals surface area contributed by atoms with E-state index < -0.39 is 6.10 Å². The van der Waals surface area contributed by atoms with Crippen LogP contribution in [0.4, 0.5) is 0 Å². The van der Waals surface area contributed by atoms with Gasteiger partial charge in [0.05, 0.1) is 5.56 Å². The summed E-state index contributed by atoms with van der Waals surface area (Å²) >= 11 is 0. The second-order valence-electron chi connectivity index (χ2n) is 6.84. The molecular weight excluding hydrogens is 342 g/mol. The molecule has 3 atom stereocenters. The molecule has 3 heterocycles. The maximum absolute atomic E-state index is 13.3. The summed E-state index contributed by atoms with van der Waals surface area (Å²) in [5, 5.41) is 10.7. The molecule has 0 aromatic carbocycles. The standard InChI is InChI=1S/C20H21N5O2/c1-2-14(26)5-6-16-17(10-13-11-18(13)21)15-4-3-7-23-19(15)25(20(16)27)24-9-8-22-12-24/h3-4,7-9,12-14,18,26H,2,10-11,21H2,1H3. The SMILES string of the molecule is CCC(O)C#Cc1c(CC2CC2N)c2cccnc2n(-n2ccnc2)c1=O. The Morgan fingerprint density at radius 2 is 2.26 bits per heavy atom. The zero-order valence-electron chi connectivity index (χ0n) is 15.0. The van der Waals surface area contributed by atoms with Crippen LogP contribution in [0.25, 0.3) is 11.0 Å². The van der Waals surface area contributed by atoms with Gasteiger partial charge in [0.2, 0.25) is 0 Å². The largest absolute Gasteiger partial charge is 0.380 e. The Bertz CT molecular complexity index is 1090. The molecule has 3 unspecified atom stereocenters. The highest BCUT2D eigenvalue weighted by atomic mass is 16.3. The summed E-state index contributed by atoms with van der Waals surface area (Å²) in [4.78, 5) is 21.8. The fourth-order valence-electron chi connectivity index (χ4n) is 3.22. The van der Waals surface area contributed by atoms with Gasteiger partial charge in [-0.1, -0.05) is 18.8 Å². The van der Waals surface area contributed by atoms with Gasteiger partial charge >= 0.3 is 0 Å². The van der Waals surface area contributed by atoms with Crippen molar-refractivity contribution in [3.05, 3.63) is 58.5 Å². The van der Waals surface area contributed by atoms with Crippen LogP contribution in [0.5, 0.6) is 0 Å². The maximum Gasteiger partial charge on any atom is 0.287 e. The van der Waals surface area contributed by atoms with Gasteiger partial charge in [0.15, 0.2) is 5.65 Å². The van der Waals surface area contributed by atoms with E-state index in [9.17, 15) is 9.90 Å². The average Bonchev–Trinajstić information content (AvgIpc) is 3.13. The van der Waals surface area contributed by atoms with Gasteiger partial charge < -0.3 is 10.8 Å². The molecule has 0 saturated heterocycles. The minimum atomic E-state index is -0.772. The van der Waals surface area contributed by atoms with Crippen LogP contribution in [0.3, 0.4) is 0 Å². The number of hydrogen-bond donors (Lipinski definition) is 2. The van der Waals surface area contributed by atoms with Crippen molar-refractivity contribution >= 4 is 11.0 Å². The molecule has 0 bridgehead atoms. The molecule has 3 N–H and O–H groups in total. The molecule has 0 radical (unpaired) electrons. The lowest BCUT2D eigenvalue weighted by Crippen LogP contribution is -2.30. The number of hydrogen-bond acceptors (Lipinski definition) is 5. The van der Waals surface area contributed by atoms with Crippen LogP contribution in [-0.4, -0.2) is 36.6 Å². The topological polar surface area (TPSA) is 99.0 Å². The van der Waals surface area contributed by atoms with Crippen molar-refractivity contribution in [1.82, 2.24) is 19.3 Å². The summed E-state index contributed by atoms with van der Waals surface area (Å²) in [6.45, 7) is 1.84. The molecule has 3 aromatic heterocycles. The van der Waals surface area contributed by atoms with E-state index in [2.05, 4.69) is 21.8 Å². The first kappa shape index (κ1) is 17.5. The van der Waals surface area contributed by atoms with Crippen LogP contribution >= 0.6 is 0 Å². The van der Waals surface area contributed by atoms with Crippen molar-refractivity contribution in [2.45, 2.75) is 38.3 Å². The van der Waals surface area contributed by atoms with E-state index in [-0.39, 0.29) is 11.6 Å². The summed E-state index contributed by atoms with van der Waals surface area (Å²) in [7, 11) is 0. The molecule has 0 aliphatic heterocycles. The highest BCUT2D eigenvalue weighted by molar-refractivity contribution is 5.81. The number of aliphatic hydroxyl groups is 1. The number of nitrogens with two attached hydrogens (primary N) is 1. The Morgan fingerprint density at radius 1 is 1.44 bits per heavy atom. The molecule has 1 aliphatic carbocycles. The van der Waals surface area contributed by atoms with E-state index in [0.29, 0.717) is 30.0 Å². The number of nitrogens with zero attached hydrogens (tertiary/aromatic N) is 4. The Balaban J connectivity index is 2.01. The van der Waals surface area contributed by atoms with Crippen molar-refractivity contribution in [3.8, 4) is 11.8 Å². The van der Waals surface area contributed by atoms with E-state index >= 15 is 0 Å². The van der Waals surface area contributed by atoms with E-state index in [1.165, 1.54) is 4.68 Å². The smallest absolute Gasteiger partial charge is 0.287 e. The van der Waals surface area contributed by atoms with Crippen molar-refractivity contribution in [2.75, 3.05) is 0 Å². The third-order valence-corrected chi connectivity index (χ3v) is 4.94. The van der Waals surface area contributed by atoms with E-state index in [1.54, 1.807) is 29.6 Å². The summed E-state index contributed by atoms with van der Waals surface area (Å²) in [6, 6.07) is 3.95. The lowest BCUT2D eigenvalue weighted by molar-refractivity contribution is 0.228. The molecule has 3 aromatic rings. The summed E-state index contributed by atoms with van der Waals surface area (Å²) < 4.78 is 3.05. The highest BCUT2D eigenvalue weighted by Gasteiger charge is 2.35. The van der Waals surface area contributed by atoms with Crippen molar-refractivity contribution in [1.29, 1.82) is 0 Å². The first-order chi connectivity index (χ1) is 13.1. The predicted octanol–water partition coefficient (Wildman–Crippen LogP) is 0.916. The molecule has 0 spiro atoms. The third kappa shape index (κ3) is 3.25. The second-order valence-corrected chi connectivity index (χ2v) is 6.84. The minimum Gasteiger partial charge on any atom is -0.380 e. The van der Waals surface area contributed by atoms with Crippen LogP contribution in [0.2, 0.25) is 0 Å². The normalized spacial score (nSPS) is 19.5. The van der Waals surface area contributed by atoms with Gasteiger partial charge in [-0.2, -0.15) is 4.68 Å². The van der Waals surface area contributed by atoms with Crippen LogP contribution in [0, 0.1) is 17.8 Å². The van der Waals surface area contributed by atoms with Gasteiger partial charge in [0.1, 0.15) is 12.4 Å². The van der Waals surface area contributed by atoms with E-state index in [1.807, 2.05) is 19.1 Å². The Kier molecular flexibility index (Phi) is 4.52. The number of pyridine rings is 2. The lowest BCUT2D eigenvalue weighted by Gasteiger charge is -2.15. The number of imidazole rings is 1. The molecule has 1 aliphatic rings. The van der Waals surface area contributed by atoms with Gasteiger partial charge in [0, 0.05) is 30.0 Å². The van der Waals surface area contributed by atoms with Gasteiger partial charge in [-0.05, 0) is 42.9 Å². The first-order valence-electron chi connectivity index (χ1n) is 9.06. The molecule has 27 heavy (non-hydrogen) atoms. The summed E-state index contributed by atoms with van der Waals surface area (Å²) in [5.74, 6) is 6.07. The molecule has 4 rings (SSSR count). The van der Waals surface area contributed by atoms with E-state index in [4.69, 9.17) is 5.73 Å². The molecule has 7 heteroatoms. The Hall–Kier alpha value is -2.95.